The number of hydrogen-bond donors (Lipinski definition) is 3. The highest BCUT2D eigenvalue weighted by molar-refractivity contribution is 5.31. The average molecular weight is 195 g/mol. The van der Waals surface area contributed by atoms with E-state index in [0.717, 1.165) is 5.56 Å². The van der Waals surface area contributed by atoms with Gasteiger partial charge in [0.2, 0.25) is 0 Å². The van der Waals surface area contributed by atoms with Crippen molar-refractivity contribution in [3.8, 4) is 5.75 Å². The van der Waals surface area contributed by atoms with E-state index in [1.54, 1.807) is 19.1 Å². The monoisotopic (exact) mass is 195 g/mol. The van der Waals surface area contributed by atoms with Crippen LogP contribution in [0.1, 0.15) is 19.4 Å². The van der Waals surface area contributed by atoms with E-state index in [1.165, 1.54) is 0 Å². The third-order valence-electron chi connectivity index (χ3n) is 2.33. The van der Waals surface area contributed by atoms with Gasteiger partial charge < -0.3 is 15.5 Å². The highest BCUT2D eigenvalue weighted by Crippen LogP contribution is 2.15. The van der Waals surface area contributed by atoms with Crippen molar-refractivity contribution in [3.05, 3.63) is 29.8 Å². The summed E-state index contributed by atoms with van der Waals surface area (Å²) in [6.45, 7) is 4.21. The number of aliphatic hydroxyl groups is 1. The zero-order valence-corrected chi connectivity index (χ0v) is 8.57. The Bertz CT molecular complexity index is 286. The fraction of sp³-hybridized carbons (Fsp3) is 0.455. The molecule has 2 atom stereocenters. The Kier molecular flexibility index (Phi) is 3.92. The van der Waals surface area contributed by atoms with Crippen molar-refractivity contribution in [3.63, 3.8) is 0 Å². The van der Waals surface area contributed by atoms with Crippen molar-refractivity contribution in [2.24, 2.45) is 0 Å². The smallest absolute Gasteiger partial charge is 0.120 e. The molecule has 0 radical (unpaired) electrons. The Balaban J connectivity index is 2.50. The van der Waals surface area contributed by atoms with E-state index >= 15 is 0 Å². The first-order valence-corrected chi connectivity index (χ1v) is 4.79. The lowest BCUT2D eigenvalue weighted by Gasteiger charge is -2.16. The normalized spacial score (nSPS) is 15.1. The van der Waals surface area contributed by atoms with Gasteiger partial charge in [-0.2, -0.15) is 0 Å². The largest absolute Gasteiger partial charge is 0.508 e. The van der Waals surface area contributed by atoms with Crippen LogP contribution in [0.5, 0.6) is 5.75 Å². The first-order valence-electron chi connectivity index (χ1n) is 4.79. The summed E-state index contributed by atoms with van der Waals surface area (Å²) in [5, 5.41) is 21.8. The van der Waals surface area contributed by atoms with Crippen LogP contribution in [0.4, 0.5) is 0 Å². The Morgan fingerprint density at radius 2 is 1.93 bits per heavy atom. The van der Waals surface area contributed by atoms with E-state index in [2.05, 4.69) is 5.32 Å². The minimum atomic E-state index is -0.388. The molecule has 3 heteroatoms. The average Bonchev–Trinajstić information content (AvgIpc) is 2.16. The second-order valence-corrected chi connectivity index (χ2v) is 3.54. The first kappa shape index (κ1) is 11.0. The lowest BCUT2D eigenvalue weighted by molar-refractivity contribution is 0.152. The van der Waals surface area contributed by atoms with Crippen molar-refractivity contribution in [1.82, 2.24) is 5.32 Å². The number of hydrogen-bond acceptors (Lipinski definition) is 3. The molecule has 3 nitrogen and oxygen atoms in total. The molecule has 0 bridgehead atoms. The number of nitrogens with one attached hydrogen (secondary N) is 1. The molecule has 78 valence electrons. The molecule has 0 aliphatic heterocycles. The van der Waals surface area contributed by atoms with Crippen LogP contribution in [0.3, 0.4) is 0 Å². The van der Waals surface area contributed by atoms with Gasteiger partial charge in [0.25, 0.3) is 0 Å². The summed E-state index contributed by atoms with van der Waals surface area (Å²) < 4.78 is 0. The molecular weight excluding hydrogens is 178 g/mol. The minimum absolute atomic E-state index is 0.0228. The lowest BCUT2D eigenvalue weighted by Crippen LogP contribution is -2.34. The molecule has 0 aromatic heterocycles. The lowest BCUT2D eigenvalue weighted by atomic mass is 10.1. The maximum absolute atomic E-state index is 9.46. The van der Waals surface area contributed by atoms with Crippen LogP contribution in [0.2, 0.25) is 0 Å². The summed E-state index contributed by atoms with van der Waals surface area (Å²) in [5.74, 6) is 0.290. The van der Waals surface area contributed by atoms with E-state index < -0.39 is 0 Å². The summed E-state index contributed by atoms with van der Waals surface area (Å²) in [7, 11) is 0. The molecule has 1 aromatic carbocycles. The molecule has 0 aliphatic carbocycles. The van der Waals surface area contributed by atoms with Gasteiger partial charge in [0, 0.05) is 18.2 Å². The van der Waals surface area contributed by atoms with Crippen molar-refractivity contribution in [2.75, 3.05) is 0 Å². The minimum Gasteiger partial charge on any atom is -0.508 e. The molecule has 0 saturated carbocycles. The number of phenolic OH excluding ortho intramolecular Hbond substituents is 1. The number of rotatable bonds is 4. The topological polar surface area (TPSA) is 52.5 Å². The Morgan fingerprint density at radius 1 is 1.29 bits per heavy atom. The van der Waals surface area contributed by atoms with Gasteiger partial charge in [-0.3, -0.25) is 0 Å². The molecule has 3 N–H and O–H groups in total. The fourth-order valence-electron chi connectivity index (χ4n) is 1.10. The zero-order chi connectivity index (χ0) is 10.6. The van der Waals surface area contributed by atoms with Gasteiger partial charge in [-0.25, -0.2) is 0 Å². The second kappa shape index (κ2) is 4.98. The van der Waals surface area contributed by atoms with Crippen LogP contribution in [-0.2, 0) is 6.54 Å². The van der Waals surface area contributed by atoms with Gasteiger partial charge in [-0.1, -0.05) is 18.2 Å². The molecule has 0 aliphatic rings. The Morgan fingerprint density at radius 3 is 2.50 bits per heavy atom. The molecule has 0 fully saturated rings. The number of phenols is 1. The van der Waals surface area contributed by atoms with E-state index in [0.29, 0.717) is 6.54 Å². The second-order valence-electron chi connectivity index (χ2n) is 3.54. The number of para-hydroxylation sites is 1. The van der Waals surface area contributed by atoms with Gasteiger partial charge in [-0.05, 0) is 19.9 Å². The van der Waals surface area contributed by atoms with E-state index in [1.807, 2.05) is 19.1 Å². The van der Waals surface area contributed by atoms with Crippen LogP contribution in [0, 0.1) is 0 Å². The molecule has 2 unspecified atom stereocenters. The van der Waals surface area contributed by atoms with Gasteiger partial charge in [0.1, 0.15) is 5.75 Å². The maximum atomic E-state index is 9.46. The Hall–Kier alpha value is -1.06. The summed E-state index contributed by atoms with van der Waals surface area (Å²) in [5.41, 5.74) is 0.847. The van der Waals surface area contributed by atoms with Gasteiger partial charge >= 0.3 is 0 Å². The number of aliphatic hydroxyl groups excluding tert-OH is 1. The van der Waals surface area contributed by atoms with Crippen LogP contribution >= 0.6 is 0 Å². The van der Waals surface area contributed by atoms with Crippen LogP contribution in [-0.4, -0.2) is 22.4 Å². The molecule has 1 rings (SSSR count). The van der Waals surface area contributed by atoms with Crippen LogP contribution in [0.15, 0.2) is 24.3 Å². The maximum Gasteiger partial charge on any atom is 0.120 e. The highest BCUT2D eigenvalue weighted by Gasteiger charge is 2.08. The molecule has 14 heavy (non-hydrogen) atoms. The first-order chi connectivity index (χ1) is 6.61. The third-order valence-corrected chi connectivity index (χ3v) is 2.33. The van der Waals surface area contributed by atoms with Crippen LogP contribution in [0.25, 0.3) is 0 Å². The number of aromatic hydroxyl groups is 1. The quantitative estimate of drug-likeness (QED) is 0.677. The standard InChI is InChI=1S/C11H17NO2/c1-8(9(2)13)12-7-10-5-3-4-6-11(10)14/h3-6,8-9,12-14H,7H2,1-2H3. The van der Waals surface area contributed by atoms with Gasteiger partial charge in [-0.15, -0.1) is 0 Å². The van der Waals surface area contributed by atoms with Crippen molar-refractivity contribution in [2.45, 2.75) is 32.5 Å². The van der Waals surface area contributed by atoms with Crippen molar-refractivity contribution < 1.29 is 10.2 Å². The van der Waals surface area contributed by atoms with Crippen LogP contribution < -0.4 is 5.32 Å². The molecular formula is C11H17NO2. The molecule has 0 heterocycles. The van der Waals surface area contributed by atoms with Gasteiger partial charge in [0.05, 0.1) is 6.10 Å². The van der Waals surface area contributed by atoms with Gasteiger partial charge in [0.15, 0.2) is 0 Å². The summed E-state index contributed by atoms with van der Waals surface area (Å²) in [4.78, 5) is 0. The van der Waals surface area contributed by atoms with Crippen molar-refractivity contribution in [1.29, 1.82) is 0 Å². The molecule has 0 amide bonds. The molecule has 0 spiro atoms. The van der Waals surface area contributed by atoms with E-state index in [4.69, 9.17) is 0 Å². The highest BCUT2D eigenvalue weighted by atomic mass is 16.3. The number of benzene rings is 1. The van der Waals surface area contributed by atoms with E-state index in [9.17, 15) is 10.2 Å². The predicted molar refractivity (Wildman–Crippen MR) is 56.1 cm³/mol. The third kappa shape index (κ3) is 3.01. The summed E-state index contributed by atoms with van der Waals surface area (Å²) >= 11 is 0. The predicted octanol–water partition coefficient (Wildman–Crippen LogP) is 1.25. The van der Waals surface area contributed by atoms with E-state index in [-0.39, 0.29) is 17.9 Å². The molecule has 0 saturated heterocycles. The van der Waals surface area contributed by atoms with Crippen molar-refractivity contribution >= 4 is 0 Å². The zero-order valence-electron chi connectivity index (χ0n) is 8.57. The summed E-state index contributed by atoms with van der Waals surface area (Å²) in [6, 6.07) is 7.21. The fourth-order valence-corrected chi connectivity index (χ4v) is 1.10. The SMILES string of the molecule is CC(O)C(C)NCc1ccccc1O. The summed E-state index contributed by atoms with van der Waals surface area (Å²) in [6.07, 6.45) is -0.388. The molecule has 1 aromatic rings. The Labute approximate surface area is 84.4 Å².